The number of carbonyl (C=O) groups is 2. The van der Waals surface area contributed by atoms with Gasteiger partial charge in [0.1, 0.15) is 19.0 Å². The number of rotatable bonds is 9. The molecule has 0 bridgehead atoms. The normalized spacial score (nSPS) is 18.3. The number of imide groups is 1. The molecule has 1 aromatic carbocycles. The van der Waals surface area contributed by atoms with Crippen molar-refractivity contribution in [2.75, 3.05) is 71.0 Å². The third-order valence-corrected chi connectivity index (χ3v) is 5.38. The zero-order chi connectivity index (χ0) is 19.9. The molecule has 7 nitrogen and oxygen atoms in total. The summed E-state index contributed by atoms with van der Waals surface area (Å²) in [6, 6.07) is 7.78. The fourth-order valence-electron chi connectivity index (χ4n) is 3.73. The molecule has 154 valence electrons. The van der Waals surface area contributed by atoms with Crippen molar-refractivity contribution in [1.29, 1.82) is 0 Å². The van der Waals surface area contributed by atoms with Crippen LogP contribution < -0.4 is 9.64 Å². The van der Waals surface area contributed by atoms with Gasteiger partial charge in [-0.05, 0) is 31.5 Å². The molecule has 2 saturated heterocycles. The summed E-state index contributed by atoms with van der Waals surface area (Å²) in [5.41, 5.74) is 1.18. The second-order valence-electron chi connectivity index (χ2n) is 7.18. The van der Waals surface area contributed by atoms with E-state index in [0.717, 1.165) is 51.3 Å². The summed E-state index contributed by atoms with van der Waals surface area (Å²) in [5, 5.41) is 0. The molecular formula is C20H29FN4O3. The van der Waals surface area contributed by atoms with E-state index in [4.69, 9.17) is 4.74 Å². The zero-order valence-electron chi connectivity index (χ0n) is 16.5. The SMILES string of the molecule is COc1cccc(N2CCN(CCCCN3C(=O)CN(CCF)C3=O)CC2)c1. The number of anilines is 1. The van der Waals surface area contributed by atoms with Gasteiger partial charge in [-0.3, -0.25) is 14.6 Å². The molecule has 0 unspecified atom stereocenters. The number of carbonyl (C=O) groups excluding carboxylic acids is 2. The summed E-state index contributed by atoms with van der Waals surface area (Å²) < 4.78 is 17.7. The van der Waals surface area contributed by atoms with E-state index in [0.29, 0.717) is 6.54 Å². The van der Waals surface area contributed by atoms with E-state index < -0.39 is 6.67 Å². The first kappa shape index (κ1) is 20.4. The summed E-state index contributed by atoms with van der Waals surface area (Å²) >= 11 is 0. The van der Waals surface area contributed by atoms with Crippen molar-refractivity contribution in [3.63, 3.8) is 0 Å². The third-order valence-electron chi connectivity index (χ3n) is 5.38. The number of benzene rings is 1. The minimum atomic E-state index is -0.616. The van der Waals surface area contributed by atoms with E-state index in [9.17, 15) is 14.0 Å². The van der Waals surface area contributed by atoms with Gasteiger partial charge in [0.25, 0.3) is 0 Å². The number of methoxy groups -OCH3 is 1. The Morgan fingerprint density at radius 1 is 1.04 bits per heavy atom. The zero-order valence-corrected chi connectivity index (χ0v) is 16.5. The van der Waals surface area contributed by atoms with Gasteiger partial charge in [-0.2, -0.15) is 0 Å². The average Bonchev–Trinajstić information content (AvgIpc) is 2.99. The second kappa shape index (κ2) is 9.73. The van der Waals surface area contributed by atoms with Gasteiger partial charge in [0, 0.05) is 44.5 Å². The number of alkyl halides is 1. The summed E-state index contributed by atoms with van der Waals surface area (Å²) in [4.78, 5) is 31.3. The van der Waals surface area contributed by atoms with Crippen LogP contribution in [0, 0.1) is 0 Å². The van der Waals surface area contributed by atoms with Crippen LogP contribution in [0.3, 0.4) is 0 Å². The van der Waals surface area contributed by atoms with Gasteiger partial charge in [0.2, 0.25) is 5.91 Å². The minimum Gasteiger partial charge on any atom is -0.497 e. The molecule has 2 fully saturated rings. The van der Waals surface area contributed by atoms with Crippen LogP contribution in [-0.4, -0.2) is 92.8 Å². The first-order valence-electron chi connectivity index (χ1n) is 9.89. The smallest absolute Gasteiger partial charge is 0.327 e. The molecule has 0 aromatic heterocycles. The largest absolute Gasteiger partial charge is 0.497 e. The van der Waals surface area contributed by atoms with E-state index in [2.05, 4.69) is 21.9 Å². The first-order chi connectivity index (χ1) is 13.6. The summed E-state index contributed by atoms with van der Waals surface area (Å²) in [6.07, 6.45) is 1.70. The maximum atomic E-state index is 12.4. The fourth-order valence-corrected chi connectivity index (χ4v) is 3.73. The van der Waals surface area contributed by atoms with E-state index in [1.165, 1.54) is 15.5 Å². The number of hydrogen-bond donors (Lipinski definition) is 0. The molecule has 8 heteroatoms. The van der Waals surface area contributed by atoms with Crippen molar-refractivity contribution in [2.24, 2.45) is 0 Å². The molecule has 28 heavy (non-hydrogen) atoms. The van der Waals surface area contributed by atoms with Crippen LogP contribution in [0.2, 0.25) is 0 Å². The van der Waals surface area contributed by atoms with Gasteiger partial charge in [-0.1, -0.05) is 6.07 Å². The average molecular weight is 392 g/mol. The van der Waals surface area contributed by atoms with E-state index >= 15 is 0 Å². The van der Waals surface area contributed by atoms with Crippen LogP contribution in [0.25, 0.3) is 0 Å². The molecule has 0 radical (unpaired) electrons. The Morgan fingerprint density at radius 3 is 2.50 bits per heavy atom. The molecule has 2 aliphatic heterocycles. The van der Waals surface area contributed by atoms with Gasteiger partial charge in [-0.15, -0.1) is 0 Å². The molecule has 3 amide bonds. The number of piperazine rings is 1. The van der Waals surface area contributed by atoms with Crippen molar-refractivity contribution in [3.8, 4) is 5.75 Å². The van der Waals surface area contributed by atoms with Crippen LogP contribution >= 0.6 is 0 Å². The lowest BCUT2D eigenvalue weighted by atomic mass is 10.2. The van der Waals surface area contributed by atoms with E-state index in [1.807, 2.05) is 12.1 Å². The van der Waals surface area contributed by atoms with Crippen LogP contribution in [0.15, 0.2) is 24.3 Å². The Hall–Kier alpha value is -2.35. The van der Waals surface area contributed by atoms with Gasteiger partial charge in [0.15, 0.2) is 0 Å². The van der Waals surface area contributed by atoms with Crippen LogP contribution in [-0.2, 0) is 4.79 Å². The number of hydrogen-bond acceptors (Lipinski definition) is 5. The lowest BCUT2D eigenvalue weighted by Gasteiger charge is -2.36. The quantitative estimate of drug-likeness (QED) is 0.474. The van der Waals surface area contributed by atoms with E-state index in [-0.39, 0.29) is 25.0 Å². The first-order valence-corrected chi connectivity index (χ1v) is 9.89. The monoisotopic (exact) mass is 392 g/mol. The molecule has 2 aliphatic rings. The highest BCUT2D eigenvalue weighted by molar-refractivity contribution is 6.01. The minimum absolute atomic E-state index is 0.00135. The van der Waals surface area contributed by atoms with Gasteiger partial charge >= 0.3 is 6.03 Å². The summed E-state index contributed by atoms with van der Waals surface area (Å²) in [7, 11) is 1.68. The number of amides is 3. The van der Waals surface area contributed by atoms with Crippen molar-refractivity contribution in [1.82, 2.24) is 14.7 Å². The summed E-state index contributed by atoms with van der Waals surface area (Å²) in [5.74, 6) is 0.654. The Kier molecular flexibility index (Phi) is 7.08. The maximum Gasteiger partial charge on any atom is 0.327 e. The molecule has 0 aliphatic carbocycles. The highest BCUT2D eigenvalue weighted by Gasteiger charge is 2.34. The Labute approximate surface area is 165 Å². The standard InChI is InChI=1S/C20H29FN4O3/c1-28-18-6-4-5-17(15-18)23-13-11-22(12-14-23)8-2-3-9-25-19(26)16-24(10-7-21)20(25)27/h4-6,15H,2-3,7-14,16H2,1H3. The molecule has 0 atom stereocenters. The van der Waals surface area contributed by atoms with Crippen LogP contribution in [0.5, 0.6) is 5.75 Å². The fraction of sp³-hybridized carbons (Fsp3) is 0.600. The molecule has 1 aromatic rings. The molecule has 0 spiro atoms. The maximum absolute atomic E-state index is 12.4. The number of halogens is 1. The topological polar surface area (TPSA) is 56.3 Å². The number of ether oxygens (including phenoxy) is 1. The summed E-state index contributed by atoms with van der Waals surface area (Å²) in [6.45, 7) is 4.68. The molecular weight excluding hydrogens is 363 g/mol. The molecule has 3 rings (SSSR count). The number of nitrogens with zero attached hydrogens (tertiary/aromatic N) is 4. The number of urea groups is 1. The van der Waals surface area contributed by atoms with Crippen molar-refractivity contribution in [2.45, 2.75) is 12.8 Å². The lowest BCUT2D eigenvalue weighted by Crippen LogP contribution is -2.46. The highest BCUT2D eigenvalue weighted by atomic mass is 19.1. The molecule has 2 heterocycles. The van der Waals surface area contributed by atoms with Crippen molar-refractivity contribution in [3.05, 3.63) is 24.3 Å². The lowest BCUT2D eigenvalue weighted by molar-refractivity contribution is -0.125. The molecule has 0 saturated carbocycles. The van der Waals surface area contributed by atoms with Gasteiger partial charge < -0.3 is 14.5 Å². The third kappa shape index (κ3) is 4.92. The highest BCUT2D eigenvalue weighted by Crippen LogP contribution is 2.22. The number of unbranched alkanes of at least 4 members (excludes halogenated alkanes) is 1. The van der Waals surface area contributed by atoms with Crippen molar-refractivity contribution >= 4 is 17.6 Å². The second-order valence-corrected chi connectivity index (χ2v) is 7.18. The predicted molar refractivity (Wildman–Crippen MR) is 106 cm³/mol. The Balaban J connectivity index is 1.36. The van der Waals surface area contributed by atoms with E-state index in [1.54, 1.807) is 7.11 Å². The van der Waals surface area contributed by atoms with Gasteiger partial charge in [0.05, 0.1) is 13.7 Å². The Bertz CT molecular complexity index is 679. The Morgan fingerprint density at radius 2 is 1.79 bits per heavy atom. The van der Waals surface area contributed by atoms with Crippen LogP contribution in [0.4, 0.5) is 14.9 Å². The van der Waals surface area contributed by atoms with Gasteiger partial charge in [-0.25, -0.2) is 9.18 Å². The van der Waals surface area contributed by atoms with Crippen LogP contribution in [0.1, 0.15) is 12.8 Å². The van der Waals surface area contributed by atoms with Crippen molar-refractivity contribution < 1.29 is 18.7 Å². The molecule has 0 N–H and O–H groups in total. The predicted octanol–water partition coefficient (Wildman–Crippen LogP) is 1.83.